The maximum absolute atomic E-state index is 12.2. The lowest BCUT2D eigenvalue weighted by Crippen LogP contribution is -2.45. The molecule has 98 valence electrons. The third-order valence-electron chi connectivity index (χ3n) is 2.95. The molecular formula is C12H22N2O3. The number of hydrogen-bond acceptors (Lipinski definition) is 2. The minimum absolute atomic E-state index is 0.00176. The van der Waals surface area contributed by atoms with Crippen molar-refractivity contribution in [2.24, 2.45) is 0 Å². The van der Waals surface area contributed by atoms with Gasteiger partial charge < -0.3 is 14.9 Å². The summed E-state index contributed by atoms with van der Waals surface area (Å²) in [5.74, 6) is -0.857. The molecule has 0 aromatic heterocycles. The van der Waals surface area contributed by atoms with Crippen LogP contribution in [-0.2, 0) is 4.79 Å². The minimum atomic E-state index is -0.857. The van der Waals surface area contributed by atoms with Crippen molar-refractivity contribution in [1.82, 2.24) is 9.80 Å². The van der Waals surface area contributed by atoms with Gasteiger partial charge in [-0.15, -0.1) is 0 Å². The maximum atomic E-state index is 12.2. The van der Waals surface area contributed by atoms with E-state index in [0.717, 1.165) is 25.8 Å². The number of nitrogens with zero attached hydrogens (tertiary/aromatic N) is 2. The lowest BCUT2D eigenvalue weighted by atomic mass is 10.3. The fourth-order valence-corrected chi connectivity index (χ4v) is 1.86. The van der Waals surface area contributed by atoms with E-state index in [1.807, 2.05) is 11.8 Å². The molecule has 0 saturated heterocycles. The normalized spacial score (nSPS) is 14.5. The SMILES string of the molecule is CCCN(C(=O)N(CC)CCC(=O)O)C1CC1. The lowest BCUT2D eigenvalue weighted by Gasteiger charge is -2.29. The molecular weight excluding hydrogens is 220 g/mol. The standard InChI is InChI=1S/C12H22N2O3/c1-3-8-14(10-5-6-10)12(17)13(4-2)9-7-11(15)16/h10H,3-9H2,1-2H3,(H,15,16). The minimum Gasteiger partial charge on any atom is -0.481 e. The maximum Gasteiger partial charge on any atom is 0.320 e. The van der Waals surface area contributed by atoms with E-state index in [4.69, 9.17) is 5.11 Å². The van der Waals surface area contributed by atoms with Crippen LogP contribution >= 0.6 is 0 Å². The van der Waals surface area contributed by atoms with Crippen molar-refractivity contribution in [2.75, 3.05) is 19.6 Å². The molecule has 0 radical (unpaired) electrons. The number of urea groups is 1. The zero-order chi connectivity index (χ0) is 12.8. The number of aliphatic carboxylic acids is 1. The first-order valence-corrected chi connectivity index (χ1v) is 6.37. The zero-order valence-electron chi connectivity index (χ0n) is 10.7. The van der Waals surface area contributed by atoms with Crippen molar-refractivity contribution < 1.29 is 14.7 Å². The molecule has 0 aromatic carbocycles. The van der Waals surface area contributed by atoms with Crippen molar-refractivity contribution in [3.05, 3.63) is 0 Å². The molecule has 5 nitrogen and oxygen atoms in total. The number of rotatable bonds is 7. The Kier molecular flexibility index (Phi) is 5.25. The topological polar surface area (TPSA) is 60.9 Å². The van der Waals surface area contributed by atoms with E-state index in [-0.39, 0.29) is 12.5 Å². The van der Waals surface area contributed by atoms with Gasteiger partial charge in [-0.3, -0.25) is 4.79 Å². The number of carbonyl (C=O) groups is 2. The van der Waals surface area contributed by atoms with Crippen LogP contribution in [0.3, 0.4) is 0 Å². The van der Waals surface area contributed by atoms with E-state index in [1.165, 1.54) is 0 Å². The van der Waals surface area contributed by atoms with Crippen molar-refractivity contribution in [3.8, 4) is 0 Å². The molecule has 1 aliphatic carbocycles. The monoisotopic (exact) mass is 242 g/mol. The average molecular weight is 242 g/mol. The summed E-state index contributed by atoms with van der Waals surface area (Å²) in [6.07, 6.45) is 3.13. The highest BCUT2D eigenvalue weighted by molar-refractivity contribution is 5.76. The van der Waals surface area contributed by atoms with Gasteiger partial charge in [-0.25, -0.2) is 4.79 Å². The van der Waals surface area contributed by atoms with Crippen LogP contribution in [0.1, 0.15) is 39.5 Å². The highest BCUT2D eigenvalue weighted by atomic mass is 16.4. The summed E-state index contributed by atoms with van der Waals surface area (Å²) in [5, 5.41) is 8.65. The molecule has 0 heterocycles. The largest absolute Gasteiger partial charge is 0.481 e. The molecule has 0 unspecified atom stereocenters. The van der Waals surface area contributed by atoms with Gasteiger partial charge in [0, 0.05) is 25.7 Å². The Labute approximate surface area is 102 Å². The van der Waals surface area contributed by atoms with Crippen LogP contribution in [-0.4, -0.2) is 52.6 Å². The molecule has 5 heteroatoms. The number of carboxylic acids is 1. The molecule has 0 spiro atoms. The molecule has 1 saturated carbocycles. The van der Waals surface area contributed by atoms with Crippen molar-refractivity contribution in [2.45, 2.75) is 45.6 Å². The summed E-state index contributed by atoms with van der Waals surface area (Å²) < 4.78 is 0. The third-order valence-corrected chi connectivity index (χ3v) is 2.95. The van der Waals surface area contributed by atoms with Crippen LogP contribution in [0.15, 0.2) is 0 Å². The summed E-state index contributed by atoms with van der Waals surface area (Å²) in [6, 6.07) is 0.388. The Morgan fingerprint density at radius 2 is 1.88 bits per heavy atom. The van der Waals surface area contributed by atoms with Gasteiger partial charge in [-0.1, -0.05) is 6.92 Å². The average Bonchev–Trinajstić information content (AvgIpc) is 3.10. The molecule has 1 fully saturated rings. The molecule has 1 N–H and O–H groups in total. The molecule has 0 bridgehead atoms. The summed E-state index contributed by atoms with van der Waals surface area (Å²) in [5.41, 5.74) is 0. The van der Waals surface area contributed by atoms with Gasteiger partial charge in [0.25, 0.3) is 0 Å². The van der Waals surface area contributed by atoms with Crippen molar-refractivity contribution in [1.29, 1.82) is 0 Å². The smallest absolute Gasteiger partial charge is 0.320 e. The second-order valence-electron chi connectivity index (χ2n) is 4.43. The van der Waals surface area contributed by atoms with Gasteiger partial charge in [0.2, 0.25) is 0 Å². The van der Waals surface area contributed by atoms with E-state index in [9.17, 15) is 9.59 Å². The van der Waals surface area contributed by atoms with E-state index >= 15 is 0 Å². The summed E-state index contributed by atoms with van der Waals surface area (Å²) >= 11 is 0. The van der Waals surface area contributed by atoms with Gasteiger partial charge in [0.05, 0.1) is 6.42 Å². The Morgan fingerprint density at radius 3 is 2.29 bits per heavy atom. The predicted molar refractivity (Wildman–Crippen MR) is 64.9 cm³/mol. The van der Waals surface area contributed by atoms with E-state index in [1.54, 1.807) is 4.90 Å². The van der Waals surface area contributed by atoms with Crippen LogP contribution in [0.5, 0.6) is 0 Å². The molecule has 0 aromatic rings. The quantitative estimate of drug-likeness (QED) is 0.740. The lowest BCUT2D eigenvalue weighted by molar-refractivity contribution is -0.137. The number of carboxylic acid groups (broad SMARTS) is 1. The number of amides is 2. The number of carbonyl (C=O) groups excluding carboxylic acids is 1. The van der Waals surface area contributed by atoms with Crippen LogP contribution in [0, 0.1) is 0 Å². The highest BCUT2D eigenvalue weighted by Crippen LogP contribution is 2.27. The van der Waals surface area contributed by atoms with Gasteiger partial charge >= 0.3 is 12.0 Å². The van der Waals surface area contributed by atoms with E-state index in [2.05, 4.69) is 6.92 Å². The first-order valence-electron chi connectivity index (χ1n) is 6.37. The predicted octanol–water partition coefficient (Wildman–Crippen LogP) is 1.78. The van der Waals surface area contributed by atoms with E-state index < -0.39 is 5.97 Å². The molecule has 1 aliphatic rings. The molecule has 0 atom stereocenters. The van der Waals surface area contributed by atoms with Crippen molar-refractivity contribution >= 4 is 12.0 Å². The van der Waals surface area contributed by atoms with Crippen LogP contribution in [0.4, 0.5) is 4.79 Å². The van der Waals surface area contributed by atoms with Gasteiger partial charge in [-0.2, -0.15) is 0 Å². The Bertz CT molecular complexity index is 277. The van der Waals surface area contributed by atoms with E-state index in [0.29, 0.717) is 19.1 Å². The fourth-order valence-electron chi connectivity index (χ4n) is 1.86. The highest BCUT2D eigenvalue weighted by Gasteiger charge is 2.33. The van der Waals surface area contributed by atoms with Crippen LogP contribution < -0.4 is 0 Å². The molecule has 2 amide bonds. The van der Waals surface area contributed by atoms with Crippen molar-refractivity contribution in [3.63, 3.8) is 0 Å². The van der Waals surface area contributed by atoms with Gasteiger partial charge in [-0.05, 0) is 26.2 Å². The Morgan fingerprint density at radius 1 is 1.24 bits per heavy atom. The summed E-state index contributed by atoms with van der Waals surface area (Å²) in [4.78, 5) is 26.3. The Balaban J connectivity index is 2.52. The van der Waals surface area contributed by atoms with Crippen LogP contribution in [0.25, 0.3) is 0 Å². The second kappa shape index (κ2) is 6.47. The van der Waals surface area contributed by atoms with Crippen LogP contribution in [0.2, 0.25) is 0 Å². The summed E-state index contributed by atoms with van der Waals surface area (Å²) in [6.45, 7) is 5.58. The van der Waals surface area contributed by atoms with Gasteiger partial charge in [0.15, 0.2) is 0 Å². The second-order valence-corrected chi connectivity index (χ2v) is 4.43. The molecule has 0 aliphatic heterocycles. The zero-order valence-corrected chi connectivity index (χ0v) is 10.7. The third kappa shape index (κ3) is 4.24. The summed E-state index contributed by atoms with van der Waals surface area (Å²) in [7, 11) is 0. The molecule has 17 heavy (non-hydrogen) atoms. The first-order chi connectivity index (χ1) is 8.10. The Hall–Kier alpha value is -1.26. The first kappa shape index (κ1) is 13.8. The van der Waals surface area contributed by atoms with Gasteiger partial charge in [0.1, 0.15) is 0 Å². The number of hydrogen-bond donors (Lipinski definition) is 1. The molecule has 1 rings (SSSR count). The fraction of sp³-hybridized carbons (Fsp3) is 0.833.